The van der Waals surface area contributed by atoms with Crippen molar-refractivity contribution in [2.45, 2.75) is 39.7 Å². The van der Waals surface area contributed by atoms with Crippen molar-refractivity contribution in [3.05, 3.63) is 70.3 Å². The van der Waals surface area contributed by atoms with Crippen LogP contribution in [0.1, 0.15) is 48.1 Å². The van der Waals surface area contributed by atoms with Gasteiger partial charge in [0.2, 0.25) is 0 Å². The number of carbonyl (C=O) groups excluding carboxylic acids is 2. The maximum atomic E-state index is 13.1. The largest absolute Gasteiger partial charge is 0.507 e. The van der Waals surface area contributed by atoms with Crippen LogP contribution in [0, 0.1) is 13.8 Å². The number of ether oxygens (including phenoxy) is 2. The quantitative estimate of drug-likeness (QED) is 0.270. The van der Waals surface area contributed by atoms with E-state index < -0.39 is 17.7 Å². The first-order chi connectivity index (χ1) is 15.4. The van der Waals surface area contributed by atoms with Crippen LogP contribution in [0.5, 0.6) is 5.75 Å². The lowest BCUT2D eigenvalue weighted by Gasteiger charge is -2.25. The fourth-order valence-corrected chi connectivity index (χ4v) is 3.94. The molecule has 1 atom stereocenters. The topological polar surface area (TPSA) is 76.1 Å². The minimum Gasteiger partial charge on any atom is -0.507 e. The molecule has 1 heterocycles. The molecule has 1 aliphatic rings. The van der Waals surface area contributed by atoms with Gasteiger partial charge in [0.05, 0.1) is 18.2 Å². The summed E-state index contributed by atoms with van der Waals surface area (Å²) in [4.78, 5) is 27.6. The van der Waals surface area contributed by atoms with Gasteiger partial charge in [-0.1, -0.05) is 36.8 Å². The molecule has 2 aromatic rings. The molecule has 1 amide bonds. The molecule has 0 radical (unpaired) electrons. The van der Waals surface area contributed by atoms with Crippen molar-refractivity contribution in [3.8, 4) is 5.75 Å². The summed E-state index contributed by atoms with van der Waals surface area (Å²) >= 11 is 0. The van der Waals surface area contributed by atoms with E-state index in [1.54, 1.807) is 7.11 Å². The van der Waals surface area contributed by atoms with E-state index in [0.717, 1.165) is 28.9 Å². The average Bonchev–Trinajstić information content (AvgIpc) is 3.04. The Morgan fingerprint density at radius 2 is 1.78 bits per heavy atom. The molecule has 6 nitrogen and oxygen atoms in total. The Balaban J connectivity index is 2.09. The van der Waals surface area contributed by atoms with Crippen molar-refractivity contribution in [2.75, 3.05) is 26.9 Å². The molecule has 0 aliphatic carbocycles. The van der Waals surface area contributed by atoms with Gasteiger partial charge in [-0.3, -0.25) is 9.59 Å². The molecule has 1 aliphatic heterocycles. The minimum atomic E-state index is -0.674. The van der Waals surface area contributed by atoms with Crippen molar-refractivity contribution >= 4 is 17.4 Å². The molecule has 1 saturated heterocycles. The van der Waals surface area contributed by atoms with E-state index in [1.807, 2.05) is 63.2 Å². The zero-order chi connectivity index (χ0) is 23.3. The standard InChI is InChI=1S/C26H31NO5/c1-5-14-32-20-11-9-19(10-12-20)23-22(24(28)21-16-17(2)7-8-18(21)3)25(29)26(30)27(23)13-6-15-31-4/h7-12,16,23,28H,5-6,13-15H2,1-4H3/b24-22+. The van der Waals surface area contributed by atoms with Gasteiger partial charge in [0.25, 0.3) is 11.7 Å². The summed E-state index contributed by atoms with van der Waals surface area (Å²) in [5.41, 5.74) is 3.22. The summed E-state index contributed by atoms with van der Waals surface area (Å²) in [7, 11) is 1.60. The third-order valence-corrected chi connectivity index (χ3v) is 5.60. The molecule has 1 unspecified atom stereocenters. The summed E-state index contributed by atoms with van der Waals surface area (Å²) in [6.45, 7) is 7.26. The summed E-state index contributed by atoms with van der Waals surface area (Å²) in [6, 6.07) is 12.4. The molecule has 0 spiro atoms. The first-order valence-electron chi connectivity index (χ1n) is 11.0. The van der Waals surface area contributed by atoms with Gasteiger partial charge < -0.3 is 19.5 Å². The van der Waals surface area contributed by atoms with Crippen LogP contribution in [0.2, 0.25) is 0 Å². The second-order valence-corrected chi connectivity index (χ2v) is 8.07. The highest BCUT2D eigenvalue weighted by Crippen LogP contribution is 2.40. The highest BCUT2D eigenvalue weighted by atomic mass is 16.5. The van der Waals surface area contributed by atoms with Crippen molar-refractivity contribution in [1.29, 1.82) is 0 Å². The van der Waals surface area contributed by atoms with Gasteiger partial charge >= 0.3 is 0 Å². The molecule has 2 aromatic carbocycles. The van der Waals surface area contributed by atoms with Crippen LogP contribution in [0.3, 0.4) is 0 Å². The Morgan fingerprint density at radius 1 is 1.06 bits per heavy atom. The highest BCUT2D eigenvalue weighted by Gasteiger charge is 2.45. The lowest BCUT2D eigenvalue weighted by molar-refractivity contribution is -0.140. The zero-order valence-corrected chi connectivity index (χ0v) is 19.2. The van der Waals surface area contributed by atoms with Crippen LogP contribution >= 0.6 is 0 Å². The first-order valence-corrected chi connectivity index (χ1v) is 11.0. The molecule has 3 rings (SSSR count). The Hall–Kier alpha value is -3.12. The number of aliphatic hydroxyl groups is 1. The summed E-state index contributed by atoms with van der Waals surface area (Å²) < 4.78 is 10.8. The van der Waals surface area contributed by atoms with E-state index in [4.69, 9.17) is 9.47 Å². The number of Topliss-reactive ketones (excluding diaryl/α,β-unsaturated/α-hetero) is 1. The third kappa shape index (κ3) is 4.86. The second-order valence-electron chi connectivity index (χ2n) is 8.07. The predicted octanol–water partition coefficient (Wildman–Crippen LogP) is 4.55. The Labute approximate surface area is 189 Å². The first kappa shape index (κ1) is 23.5. The number of likely N-dealkylation sites (tertiary alicyclic amines) is 1. The lowest BCUT2D eigenvalue weighted by atomic mass is 9.93. The highest BCUT2D eigenvalue weighted by molar-refractivity contribution is 6.46. The fourth-order valence-electron chi connectivity index (χ4n) is 3.94. The van der Waals surface area contributed by atoms with Crippen LogP contribution in [-0.4, -0.2) is 48.6 Å². The number of rotatable bonds is 9. The van der Waals surface area contributed by atoms with Gasteiger partial charge in [0.15, 0.2) is 0 Å². The molecular formula is C26H31NO5. The second kappa shape index (κ2) is 10.5. The number of aryl methyl sites for hydroxylation is 2. The predicted molar refractivity (Wildman–Crippen MR) is 124 cm³/mol. The normalized spacial score (nSPS) is 17.8. The minimum absolute atomic E-state index is 0.114. The number of amides is 1. The molecule has 1 fully saturated rings. The number of benzene rings is 2. The van der Waals surface area contributed by atoms with E-state index in [2.05, 4.69) is 0 Å². The molecule has 0 aromatic heterocycles. The van der Waals surface area contributed by atoms with Gasteiger partial charge in [-0.15, -0.1) is 0 Å². The summed E-state index contributed by atoms with van der Waals surface area (Å²) in [5.74, 6) is -0.696. The van der Waals surface area contributed by atoms with Gasteiger partial charge in [-0.25, -0.2) is 0 Å². The summed E-state index contributed by atoms with van der Waals surface area (Å²) in [6.07, 6.45) is 1.48. The Kier molecular flexibility index (Phi) is 7.70. The number of hydrogen-bond donors (Lipinski definition) is 1. The number of hydrogen-bond acceptors (Lipinski definition) is 5. The summed E-state index contributed by atoms with van der Waals surface area (Å²) in [5, 5.41) is 11.2. The number of carbonyl (C=O) groups is 2. The Morgan fingerprint density at radius 3 is 2.44 bits per heavy atom. The molecular weight excluding hydrogens is 406 g/mol. The van der Waals surface area contributed by atoms with Crippen molar-refractivity contribution in [1.82, 2.24) is 4.90 Å². The van der Waals surface area contributed by atoms with E-state index in [1.165, 1.54) is 4.90 Å². The van der Waals surface area contributed by atoms with Gasteiger partial charge in [-0.05, 0) is 56.0 Å². The van der Waals surface area contributed by atoms with E-state index >= 15 is 0 Å². The SMILES string of the molecule is CCCOc1ccc(C2/C(=C(\O)c3cc(C)ccc3C)C(=O)C(=O)N2CCCOC)cc1. The van der Waals surface area contributed by atoms with E-state index in [-0.39, 0.29) is 11.3 Å². The lowest BCUT2D eigenvalue weighted by Crippen LogP contribution is -2.31. The van der Waals surface area contributed by atoms with Crippen LogP contribution in [0.25, 0.3) is 5.76 Å². The Bertz CT molecular complexity index is 1010. The molecule has 1 N–H and O–H groups in total. The smallest absolute Gasteiger partial charge is 0.295 e. The van der Waals surface area contributed by atoms with Crippen molar-refractivity contribution < 1.29 is 24.2 Å². The van der Waals surface area contributed by atoms with Crippen molar-refractivity contribution in [3.63, 3.8) is 0 Å². The zero-order valence-electron chi connectivity index (χ0n) is 19.2. The van der Waals surface area contributed by atoms with Crippen LogP contribution in [0.4, 0.5) is 0 Å². The van der Waals surface area contributed by atoms with Crippen LogP contribution < -0.4 is 4.74 Å². The van der Waals surface area contributed by atoms with Gasteiger partial charge in [0.1, 0.15) is 11.5 Å². The fraction of sp³-hybridized carbons (Fsp3) is 0.385. The maximum absolute atomic E-state index is 13.1. The number of methoxy groups -OCH3 is 1. The van der Waals surface area contributed by atoms with E-state index in [0.29, 0.717) is 31.7 Å². The van der Waals surface area contributed by atoms with Crippen LogP contribution in [-0.2, 0) is 14.3 Å². The molecule has 32 heavy (non-hydrogen) atoms. The van der Waals surface area contributed by atoms with Crippen LogP contribution in [0.15, 0.2) is 48.0 Å². The molecule has 0 bridgehead atoms. The average molecular weight is 438 g/mol. The molecule has 6 heteroatoms. The van der Waals surface area contributed by atoms with Gasteiger partial charge in [-0.2, -0.15) is 0 Å². The van der Waals surface area contributed by atoms with Gasteiger partial charge in [0, 0.05) is 25.8 Å². The third-order valence-electron chi connectivity index (χ3n) is 5.60. The number of ketones is 1. The van der Waals surface area contributed by atoms with E-state index in [9.17, 15) is 14.7 Å². The number of nitrogens with zero attached hydrogens (tertiary/aromatic N) is 1. The molecule has 170 valence electrons. The monoisotopic (exact) mass is 437 g/mol. The molecule has 0 saturated carbocycles. The maximum Gasteiger partial charge on any atom is 0.295 e. The van der Waals surface area contributed by atoms with Crippen molar-refractivity contribution in [2.24, 2.45) is 0 Å². The number of aliphatic hydroxyl groups excluding tert-OH is 1.